The molecule has 0 aliphatic heterocycles. The predicted octanol–water partition coefficient (Wildman–Crippen LogP) is 1.71. The predicted molar refractivity (Wildman–Crippen MR) is 63.6 cm³/mol. The van der Waals surface area contributed by atoms with Gasteiger partial charge in [-0.15, -0.1) is 0 Å². The highest BCUT2D eigenvalue weighted by Gasteiger charge is 2.29. The van der Waals surface area contributed by atoms with E-state index in [4.69, 9.17) is 9.26 Å². The Balaban J connectivity index is 1.68. The van der Waals surface area contributed by atoms with Crippen molar-refractivity contribution in [2.45, 2.75) is 45.3 Å². The molecular formula is C12H21N3O2. The first-order valence-corrected chi connectivity index (χ1v) is 6.27. The van der Waals surface area contributed by atoms with Crippen LogP contribution in [0.1, 0.15) is 44.3 Å². The van der Waals surface area contributed by atoms with Crippen LogP contribution in [0.4, 0.5) is 0 Å². The van der Waals surface area contributed by atoms with E-state index < -0.39 is 0 Å². The van der Waals surface area contributed by atoms with Gasteiger partial charge in [-0.05, 0) is 32.4 Å². The summed E-state index contributed by atoms with van der Waals surface area (Å²) < 4.78 is 10.8. The van der Waals surface area contributed by atoms with Crippen LogP contribution in [0.5, 0.6) is 0 Å². The second kappa shape index (κ2) is 5.60. The van der Waals surface area contributed by atoms with Gasteiger partial charge in [0.25, 0.3) is 5.89 Å². The molecule has 0 bridgehead atoms. The standard InChI is InChI=1S/C12H21N3O2/c1-8(2)12-14-11(17-15-12)7-16-10-4-9(5-10)6-13-3/h8-10,13H,4-7H2,1-3H3. The lowest BCUT2D eigenvalue weighted by molar-refractivity contribution is -0.0473. The quantitative estimate of drug-likeness (QED) is 0.819. The van der Waals surface area contributed by atoms with E-state index >= 15 is 0 Å². The number of nitrogens with zero attached hydrogens (tertiary/aromatic N) is 2. The third-order valence-corrected chi connectivity index (χ3v) is 3.13. The molecule has 5 heteroatoms. The van der Waals surface area contributed by atoms with Crippen LogP contribution in [0.2, 0.25) is 0 Å². The summed E-state index contributed by atoms with van der Waals surface area (Å²) >= 11 is 0. The van der Waals surface area contributed by atoms with Gasteiger partial charge in [-0.25, -0.2) is 0 Å². The number of nitrogens with one attached hydrogen (secondary N) is 1. The van der Waals surface area contributed by atoms with Gasteiger partial charge in [-0.2, -0.15) is 4.98 Å². The van der Waals surface area contributed by atoms with Crippen molar-refractivity contribution in [3.8, 4) is 0 Å². The molecule has 17 heavy (non-hydrogen) atoms. The number of aromatic nitrogens is 2. The maximum absolute atomic E-state index is 5.71. The highest BCUT2D eigenvalue weighted by atomic mass is 16.5. The van der Waals surface area contributed by atoms with Gasteiger partial charge < -0.3 is 14.6 Å². The molecule has 1 aromatic heterocycles. The van der Waals surface area contributed by atoms with Gasteiger partial charge in [-0.3, -0.25) is 0 Å². The van der Waals surface area contributed by atoms with E-state index in [1.54, 1.807) is 0 Å². The fourth-order valence-corrected chi connectivity index (χ4v) is 2.02. The molecule has 0 radical (unpaired) electrons. The van der Waals surface area contributed by atoms with Crippen molar-refractivity contribution in [1.82, 2.24) is 15.5 Å². The van der Waals surface area contributed by atoms with Crippen LogP contribution in [-0.4, -0.2) is 29.8 Å². The lowest BCUT2D eigenvalue weighted by atomic mass is 9.82. The van der Waals surface area contributed by atoms with Crippen LogP contribution in [-0.2, 0) is 11.3 Å². The van der Waals surface area contributed by atoms with Crippen LogP contribution in [0.25, 0.3) is 0 Å². The maximum atomic E-state index is 5.71. The molecule has 1 aromatic rings. The van der Waals surface area contributed by atoms with Crippen LogP contribution in [0, 0.1) is 5.92 Å². The average molecular weight is 239 g/mol. The first-order valence-electron chi connectivity index (χ1n) is 6.27. The number of hydrogen-bond acceptors (Lipinski definition) is 5. The summed E-state index contributed by atoms with van der Waals surface area (Å²) in [6.07, 6.45) is 2.63. The summed E-state index contributed by atoms with van der Waals surface area (Å²) in [5.74, 6) is 2.41. The van der Waals surface area contributed by atoms with Gasteiger partial charge in [0.05, 0.1) is 6.10 Å². The van der Waals surface area contributed by atoms with Crippen molar-refractivity contribution in [2.75, 3.05) is 13.6 Å². The zero-order valence-corrected chi connectivity index (χ0v) is 10.8. The Morgan fingerprint density at radius 3 is 2.82 bits per heavy atom. The topological polar surface area (TPSA) is 60.2 Å². The summed E-state index contributed by atoms with van der Waals surface area (Å²) in [5, 5.41) is 7.09. The summed E-state index contributed by atoms with van der Waals surface area (Å²) in [5.41, 5.74) is 0. The molecule has 0 saturated heterocycles. The van der Waals surface area contributed by atoms with Crippen molar-refractivity contribution in [3.63, 3.8) is 0 Å². The molecule has 2 rings (SSSR count). The molecule has 1 heterocycles. The Hall–Kier alpha value is -0.940. The van der Waals surface area contributed by atoms with Gasteiger partial charge in [0, 0.05) is 5.92 Å². The molecule has 0 atom stereocenters. The number of hydrogen-bond donors (Lipinski definition) is 1. The number of rotatable bonds is 6. The second-order valence-electron chi connectivity index (χ2n) is 5.03. The second-order valence-corrected chi connectivity index (χ2v) is 5.03. The van der Waals surface area contributed by atoms with Crippen molar-refractivity contribution < 1.29 is 9.26 Å². The van der Waals surface area contributed by atoms with Gasteiger partial charge in [-0.1, -0.05) is 19.0 Å². The molecule has 0 amide bonds. The van der Waals surface area contributed by atoms with Crippen molar-refractivity contribution in [3.05, 3.63) is 11.7 Å². The van der Waals surface area contributed by atoms with Crippen molar-refractivity contribution in [2.24, 2.45) is 5.92 Å². The van der Waals surface area contributed by atoms with Crippen molar-refractivity contribution in [1.29, 1.82) is 0 Å². The van der Waals surface area contributed by atoms with E-state index in [9.17, 15) is 0 Å². The molecule has 96 valence electrons. The molecule has 1 aliphatic carbocycles. The van der Waals surface area contributed by atoms with Crippen LogP contribution >= 0.6 is 0 Å². The van der Waals surface area contributed by atoms with E-state index in [0.29, 0.717) is 24.5 Å². The van der Waals surface area contributed by atoms with Crippen LogP contribution in [0.15, 0.2) is 4.52 Å². The smallest absolute Gasteiger partial charge is 0.252 e. The molecule has 0 unspecified atom stereocenters. The van der Waals surface area contributed by atoms with Gasteiger partial charge in [0.2, 0.25) is 0 Å². The van der Waals surface area contributed by atoms with Crippen LogP contribution in [0.3, 0.4) is 0 Å². The lowest BCUT2D eigenvalue weighted by Crippen LogP contribution is -2.36. The first kappa shape index (κ1) is 12.5. The van der Waals surface area contributed by atoms with Crippen LogP contribution < -0.4 is 5.32 Å². The molecular weight excluding hydrogens is 218 g/mol. The highest BCUT2D eigenvalue weighted by molar-refractivity contribution is 4.91. The molecule has 1 saturated carbocycles. The Labute approximate surface area is 102 Å². The third kappa shape index (κ3) is 3.26. The molecule has 0 aromatic carbocycles. The molecule has 1 N–H and O–H groups in total. The van der Waals surface area contributed by atoms with Gasteiger partial charge >= 0.3 is 0 Å². The Kier molecular flexibility index (Phi) is 4.12. The fraction of sp³-hybridized carbons (Fsp3) is 0.833. The van der Waals surface area contributed by atoms with Gasteiger partial charge in [0.1, 0.15) is 6.61 Å². The Morgan fingerprint density at radius 2 is 2.24 bits per heavy atom. The molecule has 0 spiro atoms. The van der Waals surface area contributed by atoms with E-state index in [1.807, 2.05) is 20.9 Å². The molecule has 1 fully saturated rings. The van der Waals surface area contributed by atoms with E-state index in [1.165, 1.54) is 0 Å². The monoisotopic (exact) mass is 239 g/mol. The zero-order chi connectivity index (χ0) is 12.3. The van der Waals surface area contributed by atoms with E-state index in [0.717, 1.165) is 31.1 Å². The van der Waals surface area contributed by atoms with E-state index in [2.05, 4.69) is 15.5 Å². The summed E-state index contributed by atoms with van der Waals surface area (Å²) in [6.45, 7) is 5.61. The maximum Gasteiger partial charge on any atom is 0.252 e. The summed E-state index contributed by atoms with van der Waals surface area (Å²) in [7, 11) is 1.99. The minimum absolute atomic E-state index is 0.302. The third-order valence-electron chi connectivity index (χ3n) is 3.13. The van der Waals surface area contributed by atoms with Crippen molar-refractivity contribution >= 4 is 0 Å². The zero-order valence-electron chi connectivity index (χ0n) is 10.8. The molecule has 5 nitrogen and oxygen atoms in total. The SMILES string of the molecule is CNCC1CC(OCc2nc(C(C)C)no2)C1. The lowest BCUT2D eigenvalue weighted by Gasteiger charge is -2.34. The largest absolute Gasteiger partial charge is 0.368 e. The summed E-state index contributed by atoms with van der Waals surface area (Å²) in [6, 6.07) is 0. The Bertz CT molecular complexity index is 345. The average Bonchev–Trinajstić information content (AvgIpc) is 2.70. The minimum Gasteiger partial charge on any atom is -0.368 e. The fourth-order valence-electron chi connectivity index (χ4n) is 2.02. The highest BCUT2D eigenvalue weighted by Crippen LogP contribution is 2.29. The van der Waals surface area contributed by atoms with E-state index in [-0.39, 0.29) is 0 Å². The Morgan fingerprint density at radius 1 is 1.47 bits per heavy atom. The number of ether oxygens (including phenoxy) is 1. The summed E-state index contributed by atoms with van der Waals surface area (Å²) in [4.78, 5) is 4.28. The molecule has 1 aliphatic rings. The first-order chi connectivity index (χ1) is 8.19. The van der Waals surface area contributed by atoms with Gasteiger partial charge in [0.15, 0.2) is 5.82 Å². The normalized spacial score (nSPS) is 24.0. The minimum atomic E-state index is 0.302.